The number of β-amino-alcohol motifs (C(OH)–C–C–N with tert-alkyl or cyclic N) is 1. The van der Waals surface area contributed by atoms with E-state index in [1.54, 1.807) is 11.7 Å². The third-order valence-electron chi connectivity index (χ3n) is 2.81. The van der Waals surface area contributed by atoms with Crippen molar-refractivity contribution in [3.05, 3.63) is 0 Å². The number of rotatable bonds is 2. The van der Waals surface area contributed by atoms with Gasteiger partial charge < -0.3 is 10.0 Å². The van der Waals surface area contributed by atoms with E-state index < -0.39 is 0 Å². The number of anilines is 1. The molecule has 1 aliphatic rings. The zero-order valence-corrected chi connectivity index (χ0v) is 8.46. The second-order valence-corrected chi connectivity index (χ2v) is 3.74. The number of aliphatic hydroxyl groups excluding tert-OH is 1. The minimum Gasteiger partial charge on any atom is -0.391 e. The maximum atomic E-state index is 9.73. The van der Waals surface area contributed by atoms with Crippen LogP contribution in [0, 0.1) is 5.92 Å². The van der Waals surface area contributed by atoms with E-state index in [-0.39, 0.29) is 6.10 Å². The molecule has 0 radical (unpaired) electrons. The van der Waals surface area contributed by atoms with Gasteiger partial charge in [0.05, 0.1) is 6.10 Å². The Labute approximate surface area is 82.5 Å². The quantitative estimate of drug-likeness (QED) is 0.687. The monoisotopic (exact) mass is 197 g/mol. The number of nitrogens with zero attached hydrogens (tertiary/aromatic N) is 5. The zero-order valence-electron chi connectivity index (χ0n) is 8.46. The second kappa shape index (κ2) is 3.53. The van der Waals surface area contributed by atoms with Crippen LogP contribution in [0.3, 0.4) is 0 Å². The lowest BCUT2D eigenvalue weighted by Gasteiger charge is -2.14. The maximum absolute atomic E-state index is 9.73. The lowest BCUT2D eigenvalue weighted by atomic mass is 10.0. The van der Waals surface area contributed by atoms with Gasteiger partial charge >= 0.3 is 0 Å². The van der Waals surface area contributed by atoms with Gasteiger partial charge in [-0.3, -0.25) is 0 Å². The molecule has 6 nitrogen and oxygen atoms in total. The maximum Gasteiger partial charge on any atom is 0.245 e. The van der Waals surface area contributed by atoms with Gasteiger partial charge in [0.2, 0.25) is 5.95 Å². The molecule has 6 heteroatoms. The molecule has 2 atom stereocenters. The SMILES string of the molecule is CCC1CN(c2nnnn2C)CC1O. The van der Waals surface area contributed by atoms with E-state index in [1.165, 1.54) is 0 Å². The fourth-order valence-electron chi connectivity index (χ4n) is 1.91. The topological polar surface area (TPSA) is 67.1 Å². The van der Waals surface area contributed by atoms with Crippen molar-refractivity contribution >= 4 is 5.95 Å². The molecule has 1 N–H and O–H groups in total. The molecule has 1 aromatic rings. The molecule has 0 amide bonds. The summed E-state index contributed by atoms with van der Waals surface area (Å²) in [6, 6.07) is 0. The van der Waals surface area contributed by atoms with Gasteiger partial charge in [0.15, 0.2) is 0 Å². The summed E-state index contributed by atoms with van der Waals surface area (Å²) in [4.78, 5) is 2.03. The van der Waals surface area contributed by atoms with Gasteiger partial charge in [-0.2, -0.15) is 0 Å². The summed E-state index contributed by atoms with van der Waals surface area (Å²) < 4.78 is 1.63. The Kier molecular flexibility index (Phi) is 2.37. The molecule has 0 spiro atoms. The molecule has 0 bridgehead atoms. The Bertz CT molecular complexity index is 312. The van der Waals surface area contributed by atoms with E-state index in [2.05, 4.69) is 22.4 Å². The van der Waals surface area contributed by atoms with Crippen LogP contribution < -0.4 is 4.90 Å². The standard InChI is InChI=1S/C8H15N5O/c1-3-6-4-13(5-7(6)14)8-9-10-11-12(8)2/h6-7,14H,3-5H2,1-2H3. The molecule has 1 fully saturated rings. The molecule has 78 valence electrons. The van der Waals surface area contributed by atoms with Crippen molar-refractivity contribution in [3.63, 3.8) is 0 Å². The molecule has 1 saturated heterocycles. The van der Waals surface area contributed by atoms with Crippen LogP contribution in [0.2, 0.25) is 0 Å². The van der Waals surface area contributed by atoms with Crippen LogP contribution >= 0.6 is 0 Å². The van der Waals surface area contributed by atoms with Crippen LogP contribution in [-0.4, -0.2) is 44.5 Å². The highest BCUT2D eigenvalue weighted by molar-refractivity contribution is 5.30. The molecular weight excluding hydrogens is 182 g/mol. The summed E-state index contributed by atoms with van der Waals surface area (Å²) in [7, 11) is 1.81. The van der Waals surface area contributed by atoms with Crippen LogP contribution in [0.1, 0.15) is 13.3 Å². The van der Waals surface area contributed by atoms with Crippen LogP contribution in [0.25, 0.3) is 0 Å². The highest BCUT2D eigenvalue weighted by Gasteiger charge is 2.32. The predicted molar refractivity (Wildman–Crippen MR) is 50.8 cm³/mol. The molecule has 2 heterocycles. The van der Waals surface area contributed by atoms with Crippen molar-refractivity contribution in [2.24, 2.45) is 13.0 Å². The largest absolute Gasteiger partial charge is 0.391 e. The minimum absolute atomic E-state index is 0.253. The van der Waals surface area contributed by atoms with E-state index in [0.717, 1.165) is 18.9 Å². The van der Waals surface area contributed by atoms with Gasteiger partial charge in [-0.25, -0.2) is 4.68 Å². The third kappa shape index (κ3) is 1.45. The summed E-state index contributed by atoms with van der Waals surface area (Å²) >= 11 is 0. The molecule has 0 aromatic carbocycles. The van der Waals surface area contributed by atoms with Crippen LogP contribution in [0.4, 0.5) is 5.95 Å². The Morgan fingerprint density at radius 1 is 1.50 bits per heavy atom. The summed E-state index contributed by atoms with van der Waals surface area (Å²) in [5.74, 6) is 1.08. The van der Waals surface area contributed by atoms with Gasteiger partial charge in [-0.1, -0.05) is 12.0 Å². The molecule has 0 aliphatic carbocycles. The molecule has 0 saturated carbocycles. The van der Waals surface area contributed by atoms with Crippen molar-refractivity contribution < 1.29 is 5.11 Å². The summed E-state index contributed by atoms with van der Waals surface area (Å²) in [5, 5.41) is 21.0. The van der Waals surface area contributed by atoms with Crippen molar-refractivity contribution in [1.29, 1.82) is 0 Å². The highest BCUT2D eigenvalue weighted by atomic mass is 16.3. The second-order valence-electron chi connectivity index (χ2n) is 3.74. The first-order valence-corrected chi connectivity index (χ1v) is 4.87. The number of hydrogen-bond acceptors (Lipinski definition) is 5. The Balaban J connectivity index is 2.12. The number of hydrogen-bond donors (Lipinski definition) is 1. The molecule has 14 heavy (non-hydrogen) atoms. The Hall–Kier alpha value is -1.17. The first kappa shape index (κ1) is 9.39. The molecule has 2 unspecified atom stereocenters. The predicted octanol–water partition coefficient (Wildman–Crippen LogP) is -0.583. The van der Waals surface area contributed by atoms with E-state index >= 15 is 0 Å². The Morgan fingerprint density at radius 3 is 2.79 bits per heavy atom. The fourth-order valence-corrected chi connectivity index (χ4v) is 1.91. The number of tetrazole rings is 1. The Morgan fingerprint density at radius 2 is 2.29 bits per heavy atom. The van der Waals surface area contributed by atoms with Crippen molar-refractivity contribution in [1.82, 2.24) is 20.2 Å². The van der Waals surface area contributed by atoms with Crippen LogP contribution in [0.15, 0.2) is 0 Å². The van der Waals surface area contributed by atoms with E-state index in [0.29, 0.717) is 12.5 Å². The number of aromatic nitrogens is 4. The highest BCUT2D eigenvalue weighted by Crippen LogP contribution is 2.23. The van der Waals surface area contributed by atoms with Gasteiger partial charge in [0, 0.05) is 26.1 Å². The average Bonchev–Trinajstić information content (AvgIpc) is 2.71. The van der Waals surface area contributed by atoms with Crippen molar-refractivity contribution in [3.8, 4) is 0 Å². The smallest absolute Gasteiger partial charge is 0.245 e. The lowest BCUT2D eigenvalue weighted by Crippen LogP contribution is -2.24. The van der Waals surface area contributed by atoms with Gasteiger partial charge in [-0.15, -0.1) is 0 Å². The van der Waals surface area contributed by atoms with Crippen molar-refractivity contribution in [2.45, 2.75) is 19.4 Å². The van der Waals surface area contributed by atoms with Crippen LogP contribution in [0.5, 0.6) is 0 Å². The molecule has 2 rings (SSSR count). The van der Waals surface area contributed by atoms with Gasteiger partial charge in [0.25, 0.3) is 0 Å². The van der Waals surface area contributed by atoms with Crippen LogP contribution in [-0.2, 0) is 7.05 Å². The molecular formula is C8H15N5O. The fraction of sp³-hybridized carbons (Fsp3) is 0.875. The lowest BCUT2D eigenvalue weighted by molar-refractivity contribution is 0.146. The van der Waals surface area contributed by atoms with E-state index in [1.807, 2.05) is 4.90 Å². The third-order valence-corrected chi connectivity index (χ3v) is 2.81. The van der Waals surface area contributed by atoms with Crippen molar-refractivity contribution in [2.75, 3.05) is 18.0 Å². The summed E-state index contributed by atoms with van der Waals surface area (Å²) in [5.41, 5.74) is 0. The van der Waals surface area contributed by atoms with E-state index in [9.17, 15) is 5.11 Å². The summed E-state index contributed by atoms with van der Waals surface area (Å²) in [6.07, 6.45) is 0.736. The molecule has 1 aliphatic heterocycles. The first-order chi connectivity index (χ1) is 6.72. The summed E-state index contributed by atoms with van der Waals surface area (Å²) in [6.45, 7) is 3.56. The minimum atomic E-state index is -0.253. The molecule has 1 aromatic heterocycles. The van der Waals surface area contributed by atoms with Gasteiger partial charge in [0.1, 0.15) is 0 Å². The van der Waals surface area contributed by atoms with E-state index in [4.69, 9.17) is 0 Å². The number of aryl methyl sites for hydroxylation is 1. The average molecular weight is 197 g/mol. The van der Waals surface area contributed by atoms with Gasteiger partial charge in [-0.05, 0) is 16.8 Å². The normalized spacial score (nSPS) is 27.2. The number of aliphatic hydroxyl groups is 1. The first-order valence-electron chi connectivity index (χ1n) is 4.87. The zero-order chi connectivity index (χ0) is 10.1.